The summed E-state index contributed by atoms with van der Waals surface area (Å²) in [4.78, 5) is 36.8. The highest BCUT2D eigenvalue weighted by atomic mass is 35.5. The van der Waals surface area contributed by atoms with E-state index in [1.165, 1.54) is 13.2 Å². The number of nitrogens with zero attached hydrogens (tertiary/aromatic N) is 5. The van der Waals surface area contributed by atoms with Crippen LogP contribution in [0.25, 0.3) is 33.2 Å². The third-order valence-corrected chi connectivity index (χ3v) is 11.4. The minimum atomic E-state index is -2.87. The molecule has 2 fully saturated rings. The summed E-state index contributed by atoms with van der Waals surface area (Å²) < 4.78 is 34.7. The SMILES string of the molecule is COc1nc(-c2cccc(-c3cccc(Nc4nc(C(F)F)cc5cnn(C)c(=O)c45)c3Cl)c2Cl)cc2c1C(N1CCC3(CCCC(=O)N3)C1)CC2. The van der Waals surface area contributed by atoms with Crippen LogP contribution in [0.5, 0.6) is 5.88 Å². The van der Waals surface area contributed by atoms with Crippen LogP contribution in [0.1, 0.15) is 61.4 Å². The molecule has 0 bridgehead atoms. The van der Waals surface area contributed by atoms with E-state index in [1.54, 1.807) is 25.3 Å². The van der Waals surface area contributed by atoms with Crippen molar-refractivity contribution in [3.05, 3.63) is 91.9 Å². The standard InChI is InChI=1S/C38H35Cl2F2N7O3/c1-48-37(51)31-21(18-43-48)17-27(34(41)42)45-35(31)44-25-9-4-7-23(33(25)40)22-6-3-8-24(32(22)39)26-16-20-11-12-28(30(20)36(46-26)52-2)49-15-14-38(19-49)13-5-10-29(50)47-38/h3-4,6-9,16-18,28,34H,5,10-15,19H2,1-2H3,(H,44,45)(H,47,50). The molecule has 52 heavy (non-hydrogen) atoms. The number of aryl methyl sites for hydroxylation is 2. The van der Waals surface area contributed by atoms with E-state index in [1.807, 2.05) is 18.2 Å². The highest BCUT2D eigenvalue weighted by molar-refractivity contribution is 6.39. The highest BCUT2D eigenvalue weighted by Gasteiger charge is 2.45. The van der Waals surface area contributed by atoms with Crippen LogP contribution in [0.15, 0.2) is 59.5 Å². The Kier molecular flexibility index (Phi) is 8.87. The van der Waals surface area contributed by atoms with Gasteiger partial charge in [-0.15, -0.1) is 0 Å². The van der Waals surface area contributed by atoms with Crippen molar-refractivity contribution in [2.75, 3.05) is 25.5 Å². The molecule has 268 valence electrons. The number of hydrogen-bond donors (Lipinski definition) is 2. The molecule has 5 heterocycles. The molecule has 2 atom stereocenters. The van der Waals surface area contributed by atoms with Crippen LogP contribution in [0.4, 0.5) is 20.3 Å². The Hall–Kier alpha value is -4.65. The van der Waals surface area contributed by atoms with Gasteiger partial charge in [0.2, 0.25) is 11.8 Å². The lowest BCUT2D eigenvalue weighted by Crippen LogP contribution is -2.53. The van der Waals surface area contributed by atoms with E-state index in [0.717, 1.165) is 67.1 Å². The number of alkyl halides is 2. The number of ether oxygens (including phenoxy) is 1. The topological polar surface area (TPSA) is 114 Å². The predicted molar refractivity (Wildman–Crippen MR) is 197 cm³/mol. The Morgan fingerprint density at radius 1 is 1.02 bits per heavy atom. The van der Waals surface area contributed by atoms with E-state index < -0.39 is 17.7 Å². The average Bonchev–Trinajstić information content (AvgIpc) is 3.74. The predicted octanol–water partition coefficient (Wildman–Crippen LogP) is 7.79. The molecular formula is C38H35Cl2F2N7O3. The number of carbonyl (C=O) groups excluding carboxylic acids is 1. The highest BCUT2D eigenvalue weighted by Crippen LogP contribution is 2.47. The summed E-state index contributed by atoms with van der Waals surface area (Å²) in [5, 5.41) is 11.3. The van der Waals surface area contributed by atoms with Crippen LogP contribution in [0.3, 0.4) is 0 Å². The van der Waals surface area contributed by atoms with Gasteiger partial charge in [-0.05, 0) is 55.9 Å². The zero-order valence-corrected chi connectivity index (χ0v) is 30.0. The van der Waals surface area contributed by atoms with Gasteiger partial charge in [-0.2, -0.15) is 5.10 Å². The Bertz CT molecular complexity index is 2320. The monoisotopic (exact) mass is 745 g/mol. The van der Waals surface area contributed by atoms with Crippen molar-refractivity contribution in [2.45, 2.75) is 56.5 Å². The molecule has 14 heteroatoms. The number of fused-ring (bicyclic) bond motifs is 2. The number of piperidine rings is 1. The molecule has 8 rings (SSSR count). The van der Waals surface area contributed by atoms with Crippen molar-refractivity contribution < 1.29 is 18.3 Å². The summed E-state index contributed by atoms with van der Waals surface area (Å²) in [7, 11) is 3.10. The zero-order valence-electron chi connectivity index (χ0n) is 28.5. The van der Waals surface area contributed by atoms with Crippen molar-refractivity contribution >= 4 is 51.4 Å². The fourth-order valence-electron chi connectivity index (χ4n) is 8.10. The second-order valence-electron chi connectivity index (χ2n) is 13.7. The van der Waals surface area contributed by atoms with Gasteiger partial charge in [-0.25, -0.2) is 23.4 Å². The number of benzene rings is 2. The number of nitrogens with one attached hydrogen (secondary N) is 2. The molecule has 1 aliphatic carbocycles. The number of pyridine rings is 2. The minimum absolute atomic E-state index is 0.0602. The third kappa shape index (κ3) is 5.96. The van der Waals surface area contributed by atoms with Gasteiger partial charge in [0.05, 0.1) is 45.7 Å². The first-order chi connectivity index (χ1) is 25.1. The maximum Gasteiger partial charge on any atom is 0.280 e. The minimum Gasteiger partial charge on any atom is -0.481 e. The van der Waals surface area contributed by atoms with Crippen LogP contribution >= 0.6 is 23.2 Å². The van der Waals surface area contributed by atoms with E-state index >= 15 is 0 Å². The number of hydrogen-bond acceptors (Lipinski definition) is 8. The molecule has 2 unspecified atom stereocenters. The van der Waals surface area contributed by atoms with E-state index in [4.69, 9.17) is 32.9 Å². The first-order valence-corrected chi connectivity index (χ1v) is 17.9. The molecule has 2 saturated heterocycles. The van der Waals surface area contributed by atoms with Crippen molar-refractivity contribution in [2.24, 2.45) is 7.05 Å². The Morgan fingerprint density at radius 2 is 1.79 bits per heavy atom. The quantitative estimate of drug-likeness (QED) is 0.174. The molecule has 1 spiro atoms. The molecule has 10 nitrogen and oxygen atoms in total. The Labute approximate surface area is 308 Å². The molecule has 0 radical (unpaired) electrons. The third-order valence-electron chi connectivity index (χ3n) is 10.6. The largest absolute Gasteiger partial charge is 0.481 e. The van der Waals surface area contributed by atoms with E-state index in [2.05, 4.69) is 31.7 Å². The molecule has 2 N–H and O–H groups in total. The van der Waals surface area contributed by atoms with Gasteiger partial charge in [0.1, 0.15) is 11.5 Å². The number of rotatable bonds is 7. The van der Waals surface area contributed by atoms with Gasteiger partial charge in [0, 0.05) is 60.2 Å². The maximum atomic E-state index is 13.8. The van der Waals surface area contributed by atoms with E-state index in [-0.39, 0.29) is 39.1 Å². The van der Waals surface area contributed by atoms with Crippen LogP contribution in [0.2, 0.25) is 10.0 Å². The number of anilines is 2. The summed E-state index contributed by atoms with van der Waals surface area (Å²) in [5.41, 5.74) is 3.98. The molecule has 5 aromatic rings. The lowest BCUT2D eigenvalue weighted by molar-refractivity contribution is -0.125. The Morgan fingerprint density at radius 3 is 2.56 bits per heavy atom. The van der Waals surface area contributed by atoms with Gasteiger partial charge >= 0.3 is 0 Å². The smallest absolute Gasteiger partial charge is 0.280 e. The Balaban J connectivity index is 1.13. The molecule has 2 aromatic carbocycles. The number of aromatic nitrogens is 4. The average molecular weight is 747 g/mol. The number of methoxy groups -OCH3 is 1. The van der Waals surface area contributed by atoms with Crippen LogP contribution < -0.4 is 20.9 Å². The van der Waals surface area contributed by atoms with Crippen molar-refractivity contribution in [3.8, 4) is 28.3 Å². The summed E-state index contributed by atoms with van der Waals surface area (Å²) >= 11 is 14.2. The van der Waals surface area contributed by atoms with Crippen molar-refractivity contribution in [3.63, 3.8) is 0 Å². The molecular weight excluding hydrogens is 711 g/mol. The first-order valence-electron chi connectivity index (χ1n) is 17.2. The fourth-order valence-corrected chi connectivity index (χ4v) is 8.70. The summed E-state index contributed by atoms with van der Waals surface area (Å²) in [6.07, 6.45) is 3.71. The summed E-state index contributed by atoms with van der Waals surface area (Å²) in [6, 6.07) is 14.2. The number of carbonyl (C=O) groups is 1. The van der Waals surface area contributed by atoms with Gasteiger partial charge in [0.25, 0.3) is 12.0 Å². The normalized spacial score (nSPS) is 20.1. The van der Waals surface area contributed by atoms with Crippen LogP contribution in [-0.4, -0.2) is 56.3 Å². The molecule has 3 aromatic heterocycles. The number of halogens is 4. The van der Waals surface area contributed by atoms with Crippen molar-refractivity contribution in [1.29, 1.82) is 0 Å². The molecule has 1 amide bonds. The van der Waals surface area contributed by atoms with Crippen LogP contribution in [0, 0.1) is 0 Å². The van der Waals surface area contributed by atoms with Crippen LogP contribution in [-0.2, 0) is 18.3 Å². The van der Waals surface area contributed by atoms with Gasteiger partial charge in [-0.1, -0.05) is 53.5 Å². The molecule has 0 saturated carbocycles. The lowest BCUT2D eigenvalue weighted by Gasteiger charge is -2.35. The van der Waals surface area contributed by atoms with Crippen molar-refractivity contribution in [1.82, 2.24) is 30.0 Å². The van der Waals surface area contributed by atoms with E-state index in [9.17, 15) is 18.4 Å². The van der Waals surface area contributed by atoms with Gasteiger partial charge < -0.3 is 15.4 Å². The van der Waals surface area contributed by atoms with Gasteiger partial charge in [0.15, 0.2) is 0 Å². The second-order valence-corrected chi connectivity index (χ2v) is 14.5. The zero-order chi connectivity index (χ0) is 36.3. The number of amides is 1. The van der Waals surface area contributed by atoms with Gasteiger partial charge in [-0.3, -0.25) is 14.5 Å². The first kappa shape index (κ1) is 34.4. The lowest BCUT2D eigenvalue weighted by atomic mass is 9.88. The molecule has 2 aliphatic heterocycles. The summed E-state index contributed by atoms with van der Waals surface area (Å²) in [5.74, 6) is 0.638. The maximum absolute atomic E-state index is 13.8. The van der Waals surface area contributed by atoms with E-state index in [0.29, 0.717) is 45.4 Å². The molecule has 3 aliphatic rings. The second kappa shape index (κ2) is 13.4. The fraction of sp³-hybridized carbons (Fsp3) is 0.342. The summed E-state index contributed by atoms with van der Waals surface area (Å²) in [6.45, 7) is 1.71. The number of likely N-dealkylation sites (tertiary alicyclic amines) is 1.